The maximum atomic E-state index is 13.2. The number of amides is 1. The first-order chi connectivity index (χ1) is 13.2. The number of hydrogen-bond donors (Lipinski definition) is 1. The first-order valence-electron chi connectivity index (χ1n) is 8.69. The summed E-state index contributed by atoms with van der Waals surface area (Å²) in [6.45, 7) is 0. The molecule has 0 aliphatic carbocycles. The Morgan fingerprint density at radius 3 is 2.56 bits per heavy atom. The van der Waals surface area contributed by atoms with Crippen molar-refractivity contribution >= 4 is 28.1 Å². The van der Waals surface area contributed by atoms with Crippen molar-refractivity contribution in [1.82, 2.24) is 9.88 Å². The van der Waals surface area contributed by atoms with E-state index >= 15 is 0 Å². The number of fused-ring (bicyclic) bond motifs is 1. The van der Waals surface area contributed by atoms with Gasteiger partial charge in [-0.15, -0.1) is 11.3 Å². The van der Waals surface area contributed by atoms with Crippen molar-refractivity contribution in [2.45, 2.75) is 6.04 Å². The Labute approximate surface area is 162 Å². The van der Waals surface area contributed by atoms with Crippen molar-refractivity contribution in [3.05, 3.63) is 88.2 Å². The molecule has 0 saturated heterocycles. The number of ether oxygens (including phenoxy) is 1. The molecule has 4 rings (SSSR count). The number of methoxy groups -OCH3 is 1. The highest BCUT2D eigenvalue weighted by atomic mass is 32.1. The molecule has 1 amide bonds. The Morgan fingerprint density at radius 2 is 1.85 bits per heavy atom. The zero-order valence-corrected chi connectivity index (χ0v) is 16.0. The monoisotopic (exact) mass is 376 g/mol. The molecular weight excluding hydrogens is 356 g/mol. The summed E-state index contributed by atoms with van der Waals surface area (Å²) in [5.74, 6) is 0.710. The first kappa shape index (κ1) is 17.4. The van der Waals surface area contributed by atoms with Crippen LogP contribution in [0.3, 0.4) is 0 Å². The average molecular weight is 376 g/mol. The molecule has 0 radical (unpaired) electrons. The van der Waals surface area contributed by atoms with Gasteiger partial charge in [-0.05, 0) is 41.8 Å². The molecule has 0 bridgehead atoms. The fraction of sp³-hybridized carbons (Fsp3) is 0.136. The van der Waals surface area contributed by atoms with Gasteiger partial charge >= 0.3 is 0 Å². The van der Waals surface area contributed by atoms with E-state index in [-0.39, 0.29) is 11.9 Å². The van der Waals surface area contributed by atoms with E-state index in [0.717, 1.165) is 27.1 Å². The van der Waals surface area contributed by atoms with E-state index in [1.165, 1.54) is 0 Å². The normalized spacial score (nSPS) is 12.1. The lowest BCUT2D eigenvalue weighted by molar-refractivity contribution is 0.0758. The Kier molecular flexibility index (Phi) is 4.69. The van der Waals surface area contributed by atoms with Crippen LogP contribution in [0.25, 0.3) is 10.9 Å². The van der Waals surface area contributed by atoms with Gasteiger partial charge in [0.05, 0.1) is 13.2 Å². The molecule has 0 unspecified atom stereocenters. The minimum absolute atomic E-state index is 0.0265. The van der Waals surface area contributed by atoms with Crippen molar-refractivity contribution in [2.75, 3.05) is 14.2 Å². The third-order valence-electron chi connectivity index (χ3n) is 4.77. The second kappa shape index (κ2) is 7.29. The molecule has 4 nitrogen and oxygen atoms in total. The molecule has 2 aromatic heterocycles. The summed E-state index contributed by atoms with van der Waals surface area (Å²) in [7, 11) is 3.48. The highest BCUT2D eigenvalue weighted by Gasteiger charge is 2.27. The van der Waals surface area contributed by atoms with Crippen LogP contribution >= 0.6 is 11.3 Å². The van der Waals surface area contributed by atoms with Crippen molar-refractivity contribution in [3.8, 4) is 5.75 Å². The zero-order valence-electron chi connectivity index (χ0n) is 15.2. The highest BCUT2D eigenvalue weighted by molar-refractivity contribution is 7.10. The van der Waals surface area contributed by atoms with Crippen molar-refractivity contribution in [2.24, 2.45) is 0 Å². The van der Waals surface area contributed by atoms with Gasteiger partial charge in [-0.25, -0.2) is 0 Å². The molecule has 4 aromatic rings. The van der Waals surface area contributed by atoms with Gasteiger partial charge in [0.1, 0.15) is 5.75 Å². The molecular formula is C22H20N2O2S. The molecule has 2 aromatic carbocycles. The quantitative estimate of drug-likeness (QED) is 0.527. The fourth-order valence-electron chi connectivity index (χ4n) is 3.37. The van der Waals surface area contributed by atoms with Crippen molar-refractivity contribution in [1.29, 1.82) is 0 Å². The second-order valence-electron chi connectivity index (χ2n) is 6.35. The first-order valence-corrected chi connectivity index (χ1v) is 9.57. The standard InChI is InChI=1S/C22H20N2O2S/c1-24(22(25)15-9-11-16(26-2)12-10-15)21(20-8-5-13-27-20)18-14-23-19-7-4-3-6-17(18)19/h3-14,21,23H,1-2H3/t21-/m0/s1. The Bertz CT molecular complexity index is 1050. The van der Waals surface area contributed by atoms with Gasteiger partial charge in [-0.1, -0.05) is 24.3 Å². The molecule has 0 spiro atoms. The number of rotatable bonds is 5. The zero-order chi connectivity index (χ0) is 18.8. The minimum Gasteiger partial charge on any atom is -0.497 e. The summed E-state index contributed by atoms with van der Waals surface area (Å²) in [6, 6.07) is 19.4. The van der Waals surface area contributed by atoms with Crippen LogP contribution in [0.2, 0.25) is 0 Å². The van der Waals surface area contributed by atoms with E-state index in [2.05, 4.69) is 23.2 Å². The number of carbonyl (C=O) groups is 1. The van der Waals surface area contributed by atoms with Crippen LogP contribution in [-0.4, -0.2) is 29.9 Å². The molecule has 1 N–H and O–H groups in total. The highest BCUT2D eigenvalue weighted by Crippen LogP contribution is 2.36. The average Bonchev–Trinajstić information content (AvgIpc) is 3.39. The lowest BCUT2D eigenvalue weighted by atomic mass is 10.0. The number of benzene rings is 2. The summed E-state index contributed by atoms with van der Waals surface area (Å²) in [6.07, 6.45) is 2.01. The molecule has 0 aliphatic rings. The summed E-state index contributed by atoms with van der Waals surface area (Å²) in [5.41, 5.74) is 2.80. The number of aromatic amines is 1. The van der Waals surface area contributed by atoms with Gasteiger partial charge in [-0.3, -0.25) is 4.79 Å². The summed E-state index contributed by atoms with van der Waals surface area (Å²) in [5, 5.41) is 3.17. The third-order valence-corrected chi connectivity index (χ3v) is 5.70. The number of para-hydroxylation sites is 1. The van der Waals surface area contributed by atoms with E-state index in [4.69, 9.17) is 4.74 Å². The summed E-state index contributed by atoms with van der Waals surface area (Å²) < 4.78 is 5.20. The lowest BCUT2D eigenvalue weighted by Crippen LogP contribution is -2.31. The number of nitrogens with one attached hydrogen (secondary N) is 1. The summed E-state index contributed by atoms with van der Waals surface area (Å²) in [4.78, 5) is 19.5. The largest absolute Gasteiger partial charge is 0.497 e. The van der Waals surface area contributed by atoms with Gasteiger partial charge in [0.25, 0.3) is 5.91 Å². The number of hydrogen-bond acceptors (Lipinski definition) is 3. The van der Waals surface area contributed by atoms with E-state index in [9.17, 15) is 4.79 Å². The van der Waals surface area contributed by atoms with Crippen LogP contribution in [-0.2, 0) is 0 Å². The molecule has 2 heterocycles. The summed E-state index contributed by atoms with van der Waals surface area (Å²) >= 11 is 1.66. The smallest absolute Gasteiger partial charge is 0.254 e. The van der Waals surface area contributed by atoms with Gasteiger partial charge in [0.2, 0.25) is 0 Å². The topological polar surface area (TPSA) is 45.3 Å². The number of carbonyl (C=O) groups excluding carboxylic acids is 1. The van der Waals surface area contributed by atoms with Gasteiger partial charge in [-0.2, -0.15) is 0 Å². The van der Waals surface area contributed by atoms with Crippen molar-refractivity contribution < 1.29 is 9.53 Å². The molecule has 136 valence electrons. The van der Waals surface area contributed by atoms with Gasteiger partial charge in [0.15, 0.2) is 0 Å². The van der Waals surface area contributed by atoms with Crippen LogP contribution in [0.1, 0.15) is 26.8 Å². The third kappa shape index (κ3) is 3.22. The van der Waals surface area contributed by atoms with E-state index in [1.807, 2.05) is 53.9 Å². The Morgan fingerprint density at radius 1 is 1.07 bits per heavy atom. The van der Waals surface area contributed by atoms with Gasteiger partial charge < -0.3 is 14.6 Å². The maximum Gasteiger partial charge on any atom is 0.254 e. The Hall–Kier alpha value is -3.05. The minimum atomic E-state index is -0.157. The van der Waals surface area contributed by atoms with Crippen LogP contribution in [0.15, 0.2) is 72.2 Å². The lowest BCUT2D eigenvalue weighted by Gasteiger charge is -2.27. The number of thiophene rings is 1. The van der Waals surface area contributed by atoms with Crippen molar-refractivity contribution in [3.63, 3.8) is 0 Å². The maximum absolute atomic E-state index is 13.2. The van der Waals surface area contributed by atoms with Crippen LogP contribution in [0, 0.1) is 0 Å². The number of nitrogens with zero attached hydrogens (tertiary/aromatic N) is 1. The van der Waals surface area contributed by atoms with Crippen LogP contribution in [0.5, 0.6) is 5.75 Å². The molecule has 0 aliphatic heterocycles. The molecule has 5 heteroatoms. The predicted octanol–water partition coefficient (Wildman–Crippen LogP) is 5.10. The van der Waals surface area contributed by atoms with Gasteiger partial charge in [0, 0.05) is 40.2 Å². The van der Waals surface area contributed by atoms with Crippen LogP contribution < -0.4 is 4.74 Å². The molecule has 0 fully saturated rings. The Balaban J connectivity index is 1.75. The van der Waals surface area contributed by atoms with Crippen LogP contribution in [0.4, 0.5) is 0 Å². The van der Waals surface area contributed by atoms with E-state index in [1.54, 1.807) is 30.6 Å². The molecule has 1 atom stereocenters. The molecule has 0 saturated carbocycles. The predicted molar refractivity (Wildman–Crippen MR) is 110 cm³/mol. The SMILES string of the molecule is COc1ccc(C(=O)N(C)[C@H](c2cccs2)c2c[nH]c3ccccc23)cc1. The second-order valence-corrected chi connectivity index (χ2v) is 7.33. The molecule has 27 heavy (non-hydrogen) atoms. The number of aromatic nitrogens is 1. The van der Waals surface area contributed by atoms with E-state index < -0.39 is 0 Å². The van der Waals surface area contributed by atoms with E-state index in [0.29, 0.717) is 5.56 Å². The number of H-pyrrole nitrogens is 1. The fourth-order valence-corrected chi connectivity index (χ4v) is 4.26.